The van der Waals surface area contributed by atoms with Crippen LogP contribution in [-0.2, 0) is 9.47 Å². The number of carbonyl (C=O) groups excluding carboxylic acids is 2. The number of hydrogen-bond acceptors (Lipinski definition) is 7. The second-order valence-corrected chi connectivity index (χ2v) is 7.98. The van der Waals surface area contributed by atoms with Gasteiger partial charge in [0.05, 0.1) is 32.8 Å². The van der Waals surface area contributed by atoms with Gasteiger partial charge in [-0.1, -0.05) is 26.7 Å². The smallest absolute Gasteiger partial charge is 0.341 e. The highest BCUT2D eigenvalue weighted by molar-refractivity contribution is 8.02. The van der Waals surface area contributed by atoms with Gasteiger partial charge in [0.1, 0.15) is 0 Å². The third kappa shape index (κ3) is 5.72. The number of unbranched alkanes of at least 4 members (excludes halogenated alkanes) is 2. The van der Waals surface area contributed by atoms with E-state index in [1.54, 1.807) is 0 Å². The van der Waals surface area contributed by atoms with Crippen molar-refractivity contribution in [2.45, 2.75) is 47.9 Å². The fourth-order valence-electron chi connectivity index (χ4n) is 1.81. The van der Waals surface area contributed by atoms with Crippen molar-refractivity contribution in [3.8, 4) is 0 Å². The Hall–Kier alpha value is -0.660. The summed E-state index contributed by atoms with van der Waals surface area (Å²) in [6.07, 6.45) is 7.32. The summed E-state index contributed by atoms with van der Waals surface area (Å²) >= 11 is 4.36. The van der Waals surface area contributed by atoms with E-state index in [-0.39, 0.29) is 0 Å². The monoisotopic (exact) mass is 376 g/mol. The molecule has 7 heteroatoms. The fraction of sp³-hybridized carbons (Fsp3) is 0.625. The second-order valence-electron chi connectivity index (χ2n) is 4.81. The maximum atomic E-state index is 12.4. The number of thiophene rings is 1. The minimum absolute atomic E-state index is 0.365. The van der Waals surface area contributed by atoms with Crippen molar-refractivity contribution >= 4 is 46.8 Å². The van der Waals surface area contributed by atoms with Gasteiger partial charge in [-0.15, -0.1) is 34.9 Å². The molecular weight excluding hydrogens is 352 g/mol. The molecule has 0 fully saturated rings. The van der Waals surface area contributed by atoms with Crippen LogP contribution in [0.2, 0.25) is 0 Å². The van der Waals surface area contributed by atoms with E-state index in [1.165, 1.54) is 34.9 Å². The third-order valence-corrected chi connectivity index (χ3v) is 6.51. The Kier molecular flexibility index (Phi) is 9.74. The summed E-state index contributed by atoms with van der Waals surface area (Å²) in [7, 11) is 0. The molecular formula is C16H24O4S3. The van der Waals surface area contributed by atoms with E-state index >= 15 is 0 Å². The van der Waals surface area contributed by atoms with Gasteiger partial charge in [-0.05, 0) is 25.4 Å². The quantitative estimate of drug-likeness (QED) is 0.321. The van der Waals surface area contributed by atoms with Gasteiger partial charge in [-0.2, -0.15) is 0 Å². The van der Waals surface area contributed by atoms with Crippen molar-refractivity contribution in [1.82, 2.24) is 0 Å². The Morgan fingerprint density at radius 2 is 1.26 bits per heavy atom. The summed E-state index contributed by atoms with van der Waals surface area (Å²) in [5.41, 5.74) is 0.730. The number of rotatable bonds is 10. The van der Waals surface area contributed by atoms with Crippen LogP contribution in [0.3, 0.4) is 0 Å². The first-order valence-electron chi connectivity index (χ1n) is 7.69. The Morgan fingerprint density at radius 1 is 0.870 bits per heavy atom. The minimum atomic E-state index is -0.429. The first-order chi connectivity index (χ1) is 11.1. The predicted octanol–water partition coefficient (Wildman–Crippen LogP) is 5.11. The molecule has 0 aromatic carbocycles. The van der Waals surface area contributed by atoms with Crippen LogP contribution in [-0.4, -0.2) is 37.7 Å². The van der Waals surface area contributed by atoms with Crippen LogP contribution in [0.5, 0.6) is 0 Å². The summed E-state index contributed by atoms with van der Waals surface area (Å²) < 4.78 is 12.3. The maximum absolute atomic E-state index is 12.4. The number of carbonyl (C=O) groups is 2. The number of esters is 2. The maximum Gasteiger partial charge on any atom is 0.341 e. The molecule has 1 aromatic rings. The number of thioether (sulfide) groups is 2. The standard InChI is InChI=1S/C16H24O4S3/c1-5-7-9-19-13(17)11-12(14(18)20-10-8-6-2)16(22-4)23-15(11)21-3/h5-10H2,1-4H3. The first-order valence-corrected chi connectivity index (χ1v) is 11.0. The van der Waals surface area contributed by atoms with Crippen molar-refractivity contribution < 1.29 is 19.1 Å². The van der Waals surface area contributed by atoms with Crippen LogP contribution in [0.25, 0.3) is 0 Å². The summed E-state index contributed by atoms with van der Waals surface area (Å²) in [5.74, 6) is -0.858. The van der Waals surface area contributed by atoms with E-state index < -0.39 is 11.9 Å². The largest absolute Gasteiger partial charge is 0.462 e. The van der Waals surface area contributed by atoms with E-state index in [1.807, 2.05) is 26.4 Å². The van der Waals surface area contributed by atoms with Gasteiger partial charge in [0.15, 0.2) is 0 Å². The van der Waals surface area contributed by atoms with E-state index in [2.05, 4.69) is 0 Å². The molecule has 1 heterocycles. The van der Waals surface area contributed by atoms with Crippen LogP contribution in [0.1, 0.15) is 60.2 Å². The molecule has 0 radical (unpaired) electrons. The SMILES string of the molecule is CCCCOC(=O)c1c(SC)sc(SC)c1C(=O)OCCCC. The minimum Gasteiger partial charge on any atom is -0.462 e. The zero-order valence-electron chi connectivity index (χ0n) is 14.1. The number of ether oxygens (including phenoxy) is 2. The van der Waals surface area contributed by atoms with Gasteiger partial charge in [-0.25, -0.2) is 9.59 Å². The van der Waals surface area contributed by atoms with Crippen molar-refractivity contribution in [1.29, 1.82) is 0 Å². The van der Waals surface area contributed by atoms with Crippen molar-refractivity contribution in [3.05, 3.63) is 11.1 Å². The zero-order chi connectivity index (χ0) is 17.2. The lowest BCUT2D eigenvalue weighted by Gasteiger charge is -2.08. The van der Waals surface area contributed by atoms with Gasteiger partial charge < -0.3 is 9.47 Å². The van der Waals surface area contributed by atoms with E-state index in [0.29, 0.717) is 24.3 Å². The van der Waals surface area contributed by atoms with Gasteiger partial charge >= 0.3 is 11.9 Å². The Bertz CT molecular complexity index is 481. The van der Waals surface area contributed by atoms with Gasteiger partial charge in [-0.3, -0.25) is 0 Å². The second kappa shape index (κ2) is 11.0. The fourth-order valence-corrected chi connectivity index (χ4v) is 4.66. The molecule has 0 saturated carbocycles. The molecule has 0 aliphatic heterocycles. The normalized spacial score (nSPS) is 10.6. The molecule has 0 bridgehead atoms. The van der Waals surface area contributed by atoms with E-state index in [0.717, 1.165) is 34.1 Å². The molecule has 1 aromatic heterocycles. The molecule has 0 aliphatic rings. The Balaban J connectivity index is 3.07. The van der Waals surface area contributed by atoms with Crippen molar-refractivity contribution in [3.63, 3.8) is 0 Å². The van der Waals surface area contributed by atoms with E-state index in [9.17, 15) is 9.59 Å². The molecule has 130 valence electrons. The molecule has 23 heavy (non-hydrogen) atoms. The van der Waals surface area contributed by atoms with Gasteiger partial charge in [0, 0.05) is 0 Å². The lowest BCUT2D eigenvalue weighted by Crippen LogP contribution is -2.14. The van der Waals surface area contributed by atoms with Crippen LogP contribution in [0.15, 0.2) is 8.42 Å². The van der Waals surface area contributed by atoms with Crippen LogP contribution in [0, 0.1) is 0 Å². The molecule has 0 amide bonds. The molecule has 0 aliphatic carbocycles. The van der Waals surface area contributed by atoms with E-state index in [4.69, 9.17) is 9.47 Å². The van der Waals surface area contributed by atoms with Crippen LogP contribution in [0.4, 0.5) is 0 Å². The highest BCUT2D eigenvalue weighted by Crippen LogP contribution is 2.40. The van der Waals surface area contributed by atoms with Crippen LogP contribution >= 0.6 is 34.9 Å². The van der Waals surface area contributed by atoms with Crippen molar-refractivity contribution in [2.24, 2.45) is 0 Å². The molecule has 0 N–H and O–H groups in total. The molecule has 0 spiro atoms. The van der Waals surface area contributed by atoms with Gasteiger partial charge in [0.25, 0.3) is 0 Å². The zero-order valence-corrected chi connectivity index (χ0v) is 16.5. The highest BCUT2D eigenvalue weighted by atomic mass is 32.2. The predicted molar refractivity (Wildman–Crippen MR) is 98.3 cm³/mol. The molecule has 0 atom stereocenters. The first kappa shape index (κ1) is 20.4. The third-order valence-electron chi connectivity index (χ3n) is 3.08. The Morgan fingerprint density at radius 3 is 1.57 bits per heavy atom. The summed E-state index contributed by atoms with van der Waals surface area (Å²) in [4.78, 5) is 24.9. The number of hydrogen-bond donors (Lipinski definition) is 0. The van der Waals surface area contributed by atoms with Crippen LogP contribution < -0.4 is 0 Å². The average molecular weight is 377 g/mol. The highest BCUT2D eigenvalue weighted by Gasteiger charge is 2.29. The van der Waals surface area contributed by atoms with Gasteiger partial charge in [0.2, 0.25) is 0 Å². The summed E-state index contributed by atoms with van der Waals surface area (Å²) in [6.45, 7) is 4.82. The molecule has 1 rings (SSSR count). The summed E-state index contributed by atoms with van der Waals surface area (Å²) in [6, 6.07) is 0. The molecule has 0 saturated heterocycles. The lowest BCUT2D eigenvalue weighted by molar-refractivity contribution is 0.0448. The molecule has 4 nitrogen and oxygen atoms in total. The lowest BCUT2D eigenvalue weighted by atomic mass is 10.2. The Labute approximate surface area is 150 Å². The van der Waals surface area contributed by atoms with Crippen molar-refractivity contribution in [2.75, 3.05) is 25.7 Å². The average Bonchev–Trinajstić information content (AvgIpc) is 2.94. The topological polar surface area (TPSA) is 52.6 Å². The summed E-state index contributed by atoms with van der Waals surface area (Å²) in [5, 5.41) is 0. The molecule has 0 unspecified atom stereocenters.